The molecule has 2 aromatic carbocycles. The Hall–Kier alpha value is -4.15. The van der Waals surface area contributed by atoms with E-state index in [4.69, 9.17) is 4.74 Å². The van der Waals surface area contributed by atoms with E-state index in [1.54, 1.807) is 6.07 Å². The van der Waals surface area contributed by atoms with E-state index in [-0.39, 0.29) is 24.5 Å². The number of nitrogens with zero attached hydrogens (tertiary/aromatic N) is 4. The summed E-state index contributed by atoms with van der Waals surface area (Å²) < 4.78 is 45.1. The van der Waals surface area contributed by atoms with Crippen LogP contribution in [0.5, 0.6) is 5.88 Å². The number of nitrogens with one attached hydrogen (secondary N) is 1. The molecule has 1 aliphatic heterocycles. The smallest absolute Gasteiger partial charge is 0.389 e. The second-order valence-electron chi connectivity index (χ2n) is 8.33. The number of carbonyl (C=O) groups is 2. The third-order valence-corrected chi connectivity index (χ3v) is 5.89. The lowest BCUT2D eigenvalue weighted by Crippen LogP contribution is -2.49. The monoisotopic (exact) mass is 499 g/mol. The quantitative estimate of drug-likeness (QED) is 0.561. The van der Waals surface area contributed by atoms with Crippen molar-refractivity contribution in [3.63, 3.8) is 0 Å². The molecule has 1 saturated heterocycles. The lowest BCUT2D eigenvalue weighted by molar-refractivity contribution is -0.138. The van der Waals surface area contributed by atoms with E-state index >= 15 is 0 Å². The van der Waals surface area contributed by atoms with Gasteiger partial charge in [-0.05, 0) is 43.2 Å². The van der Waals surface area contributed by atoms with Crippen molar-refractivity contribution >= 4 is 23.5 Å². The summed E-state index contributed by atoms with van der Waals surface area (Å²) >= 11 is 0. The largest absolute Gasteiger partial charge is 0.418 e. The number of para-hydroxylation sites is 1. The highest BCUT2D eigenvalue weighted by atomic mass is 19.4. The number of aromatic nitrogens is 2. The predicted molar refractivity (Wildman–Crippen MR) is 127 cm³/mol. The minimum Gasteiger partial charge on any atom is -0.389 e. The molecule has 0 bridgehead atoms. The molecule has 0 atom stereocenters. The number of hydrogen-bond acceptors (Lipinski definition) is 6. The number of hydrogen-bond donors (Lipinski definition) is 1. The van der Waals surface area contributed by atoms with Crippen LogP contribution in [0.1, 0.15) is 27.0 Å². The summed E-state index contributed by atoms with van der Waals surface area (Å²) in [5.74, 6) is -0.146. The maximum Gasteiger partial charge on any atom is 0.418 e. The predicted octanol–water partition coefficient (Wildman–Crippen LogP) is 4.69. The van der Waals surface area contributed by atoms with Crippen molar-refractivity contribution in [3.05, 3.63) is 76.9 Å². The van der Waals surface area contributed by atoms with E-state index in [0.29, 0.717) is 24.6 Å². The van der Waals surface area contributed by atoms with Crippen LogP contribution in [0.4, 0.5) is 29.5 Å². The summed E-state index contributed by atoms with van der Waals surface area (Å²) in [4.78, 5) is 28.3. The zero-order valence-electron chi connectivity index (χ0n) is 19.7. The summed E-state index contributed by atoms with van der Waals surface area (Å²) in [6, 6.07) is 13.6. The molecule has 3 aromatic rings. The van der Waals surface area contributed by atoms with Crippen LogP contribution in [-0.4, -0.2) is 53.3 Å². The van der Waals surface area contributed by atoms with Crippen molar-refractivity contribution in [2.45, 2.75) is 20.0 Å². The van der Waals surface area contributed by atoms with Gasteiger partial charge in [-0.1, -0.05) is 30.3 Å². The van der Waals surface area contributed by atoms with E-state index in [0.717, 1.165) is 17.2 Å². The SMILES string of the molecule is Cc1cccc(C)c1NC(=O)Oc1ccc(N2CCN(C(=O)c3ccccc3C(F)(F)F)CC2)nn1. The Balaban J connectivity index is 1.34. The van der Waals surface area contributed by atoms with Crippen molar-refractivity contribution < 1.29 is 27.5 Å². The van der Waals surface area contributed by atoms with Crippen molar-refractivity contribution in [1.29, 1.82) is 0 Å². The molecule has 1 fully saturated rings. The second-order valence-corrected chi connectivity index (χ2v) is 8.33. The van der Waals surface area contributed by atoms with Crippen LogP contribution in [0.25, 0.3) is 0 Å². The maximum atomic E-state index is 13.3. The summed E-state index contributed by atoms with van der Waals surface area (Å²) in [5, 5.41) is 10.7. The van der Waals surface area contributed by atoms with Crippen molar-refractivity contribution in [3.8, 4) is 5.88 Å². The molecule has 0 spiro atoms. The molecule has 1 aliphatic rings. The topological polar surface area (TPSA) is 87.7 Å². The molecule has 36 heavy (non-hydrogen) atoms. The number of ether oxygens (including phenoxy) is 1. The Kier molecular flexibility index (Phi) is 7.09. The zero-order valence-corrected chi connectivity index (χ0v) is 19.7. The zero-order chi connectivity index (χ0) is 25.9. The van der Waals surface area contributed by atoms with Gasteiger partial charge in [0, 0.05) is 37.9 Å². The highest BCUT2D eigenvalue weighted by molar-refractivity contribution is 5.96. The molecule has 188 valence electrons. The highest BCUT2D eigenvalue weighted by Gasteiger charge is 2.36. The second kappa shape index (κ2) is 10.2. The third kappa shape index (κ3) is 5.56. The average molecular weight is 499 g/mol. The summed E-state index contributed by atoms with van der Waals surface area (Å²) in [6.07, 6.45) is -5.30. The summed E-state index contributed by atoms with van der Waals surface area (Å²) in [6.45, 7) is 4.93. The normalized spacial score (nSPS) is 13.9. The van der Waals surface area contributed by atoms with Gasteiger partial charge in [0.1, 0.15) is 0 Å². The van der Waals surface area contributed by atoms with Crippen molar-refractivity contribution in [2.24, 2.45) is 0 Å². The van der Waals surface area contributed by atoms with Gasteiger partial charge in [-0.3, -0.25) is 10.1 Å². The Morgan fingerprint density at radius 2 is 1.56 bits per heavy atom. The van der Waals surface area contributed by atoms with Crippen LogP contribution in [0.2, 0.25) is 0 Å². The standard InChI is InChI=1S/C25H24F3N5O3/c1-16-6-5-7-17(2)22(16)29-24(35)36-21-11-10-20(30-31-21)32-12-14-33(15-13-32)23(34)18-8-3-4-9-19(18)25(26,27)28/h3-11H,12-15H2,1-2H3,(H,29,35). The Labute approximate surface area is 205 Å². The van der Waals surface area contributed by atoms with Gasteiger partial charge in [-0.15, -0.1) is 10.2 Å². The number of benzene rings is 2. The molecule has 1 N–H and O–H groups in total. The third-order valence-electron chi connectivity index (χ3n) is 5.89. The molecular weight excluding hydrogens is 475 g/mol. The molecule has 8 nitrogen and oxygen atoms in total. The van der Waals surface area contributed by atoms with E-state index < -0.39 is 23.7 Å². The van der Waals surface area contributed by atoms with Crippen molar-refractivity contribution in [1.82, 2.24) is 15.1 Å². The number of piperazine rings is 1. The van der Waals surface area contributed by atoms with Gasteiger partial charge >= 0.3 is 12.3 Å². The van der Waals surface area contributed by atoms with Crippen LogP contribution in [0, 0.1) is 13.8 Å². The van der Waals surface area contributed by atoms with Crippen LogP contribution >= 0.6 is 0 Å². The number of anilines is 2. The maximum absolute atomic E-state index is 13.3. The Morgan fingerprint density at radius 3 is 2.17 bits per heavy atom. The molecule has 0 saturated carbocycles. The highest BCUT2D eigenvalue weighted by Crippen LogP contribution is 2.32. The number of alkyl halides is 3. The number of rotatable bonds is 4. The van der Waals surface area contributed by atoms with Gasteiger partial charge in [0.15, 0.2) is 5.82 Å². The summed E-state index contributed by atoms with van der Waals surface area (Å²) in [5.41, 5.74) is 1.15. The first kappa shape index (κ1) is 25.0. The molecule has 2 heterocycles. The molecule has 4 rings (SSSR count). The number of aryl methyl sites for hydroxylation is 2. The lowest BCUT2D eigenvalue weighted by atomic mass is 10.1. The average Bonchev–Trinajstić information content (AvgIpc) is 2.86. The minimum atomic E-state index is -4.61. The lowest BCUT2D eigenvalue weighted by Gasteiger charge is -2.35. The van der Waals surface area contributed by atoms with Crippen LogP contribution < -0.4 is 15.0 Å². The molecule has 1 aromatic heterocycles. The van der Waals surface area contributed by atoms with Crippen LogP contribution in [0.3, 0.4) is 0 Å². The van der Waals surface area contributed by atoms with E-state index in [1.165, 1.54) is 29.2 Å². The van der Waals surface area contributed by atoms with Gasteiger partial charge in [-0.25, -0.2) is 4.79 Å². The van der Waals surface area contributed by atoms with Gasteiger partial charge < -0.3 is 14.5 Å². The number of carbonyl (C=O) groups excluding carboxylic acids is 2. The fraction of sp³-hybridized carbons (Fsp3) is 0.280. The fourth-order valence-corrected chi connectivity index (χ4v) is 4.00. The molecule has 0 aliphatic carbocycles. The van der Waals surface area contributed by atoms with E-state index in [1.807, 2.05) is 36.9 Å². The van der Waals surface area contributed by atoms with Crippen LogP contribution in [-0.2, 0) is 6.18 Å². The van der Waals surface area contributed by atoms with E-state index in [2.05, 4.69) is 15.5 Å². The molecule has 11 heteroatoms. The number of halogens is 3. The van der Waals surface area contributed by atoms with Crippen LogP contribution in [0.15, 0.2) is 54.6 Å². The molecule has 0 unspecified atom stereocenters. The fourth-order valence-electron chi connectivity index (χ4n) is 4.00. The van der Waals surface area contributed by atoms with Gasteiger partial charge in [0.2, 0.25) is 5.88 Å². The Bertz CT molecular complexity index is 1240. The van der Waals surface area contributed by atoms with Gasteiger partial charge in [0.05, 0.1) is 11.1 Å². The first-order valence-electron chi connectivity index (χ1n) is 11.2. The van der Waals surface area contributed by atoms with Gasteiger partial charge in [-0.2, -0.15) is 13.2 Å². The molecular formula is C25H24F3N5O3. The minimum absolute atomic E-state index is 0.0139. The summed E-state index contributed by atoms with van der Waals surface area (Å²) in [7, 11) is 0. The van der Waals surface area contributed by atoms with Gasteiger partial charge in [0.25, 0.3) is 5.91 Å². The first-order valence-corrected chi connectivity index (χ1v) is 11.2. The molecule has 0 radical (unpaired) electrons. The first-order chi connectivity index (χ1) is 17.1. The van der Waals surface area contributed by atoms with E-state index in [9.17, 15) is 22.8 Å². The molecule has 2 amide bonds. The van der Waals surface area contributed by atoms with Crippen molar-refractivity contribution in [2.75, 3.05) is 36.4 Å². The Morgan fingerprint density at radius 1 is 0.889 bits per heavy atom. The number of amides is 2.